The van der Waals surface area contributed by atoms with Crippen LogP contribution in [0.5, 0.6) is 0 Å². The molecule has 0 amide bonds. The van der Waals surface area contributed by atoms with E-state index in [1.54, 1.807) is 0 Å². The molecule has 0 aliphatic heterocycles. The molecule has 7 aromatic carbocycles. The molecule has 9 aromatic rings. The predicted molar refractivity (Wildman–Crippen MR) is 209 cm³/mol. The molecule has 3 nitrogen and oxygen atoms in total. The van der Waals surface area contributed by atoms with Crippen LogP contribution in [0.3, 0.4) is 0 Å². The predicted octanol–water partition coefficient (Wildman–Crippen LogP) is 12.9. The van der Waals surface area contributed by atoms with Crippen LogP contribution in [0, 0.1) is 0 Å². The average molecular weight is 645 g/mol. The quantitative estimate of drug-likeness (QED) is 0.187. The van der Waals surface area contributed by atoms with E-state index < -0.39 is 0 Å². The van der Waals surface area contributed by atoms with Crippen molar-refractivity contribution in [1.29, 1.82) is 0 Å². The summed E-state index contributed by atoms with van der Waals surface area (Å²) in [4.78, 5) is 4.95. The van der Waals surface area contributed by atoms with Crippen LogP contribution in [0.4, 0.5) is 0 Å². The minimum atomic E-state index is -0.0235. The van der Waals surface area contributed by atoms with Gasteiger partial charge >= 0.3 is 0 Å². The fraction of sp³-hybridized carbons (Fsp3) is 0.0851. The largest absolute Gasteiger partial charge is 0.436 e. The molecule has 0 bridgehead atoms. The van der Waals surface area contributed by atoms with Crippen LogP contribution < -0.4 is 0 Å². The molecular formula is C47H36N2O. The van der Waals surface area contributed by atoms with E-state index in [4.69, 9.17) is 9.40 Å². The third-order valence-corrected chi connectivity index (χ3v) is 9.81. The summed E-state index contributed by atoms with van der Waals surface area (Å²) in [6.45, 7) is 6.63. The Balaban J connectivity index is 1.12. The Labute approximate surface area is 292 Å². The Hall–Kier alpha value is -6.19. The molecule has 0 radical (unpaired) electrons. The molecule has 2 heterocycles. The second-order valence-corrected chi connectivity index (χ2v) is 14.0. The van der Waals surface area contributed by atoms with Crippen molar-refractivity contribution in [3.05, 3.63) is 169 Å². The van der Waals surface area contributed by atoms with Crippen molar-refractivity contribution in [3.63, 3.8) is 0 Å². The minimum absolute atomic E-state index is 0.0235. The number of benzene rings is 7. The highest BCUT2D eigenvalue weighted by Gasteiger charge is 2.21. The van der Waals surface area contributed by atoms with Gasteiger partial charge in [-0.1, -0.05) is 136 Å². The second kappa shape index (κ2) is 11.7. The lowest BCUT2D eigenvalue weighted by atomic mass is 9.86. The minimum Gasteiger partial charge on any atom is -0.436 e. The fourth-order valence-electron chi connectivity index (χ4n) is 7.40. The lowest BCUT2D eigenvalue weighted by Crippen LogP contribution is -2.11. The fourth-order valence-corrected chi connectivity index (χ4v) is 7.40. The maximum absolute atomic E-state index is 6.26. The highest BCUT2D eigenvalue weighted by molar-refractivity contribution is 6.11. The number of rotatable bonds is 5. The van der Waals surface area contributed by atoms with Gasteiger partial charge in [0.25, 0.3) is 0 Å². The highest BCUT2D eigenvalue weighted by atomic mass is 16.3. The Morgan fingerprint density at radius 1 is 0.480 bits per heavy atom. The Bertz CT molecular complexity index is 2670. The maximum atomic E-state index is 6.26. The maximum Gasteiger partial charge on any atom is 0.227 e. The van der Waals surface area contributed by atoms with Crippen molar-refractivity contribution >= 4 is 32.9 Å². The second-order valence-electron chi connectivity index (χ2n) is 14.0. The van der Waals surface area contributed by atoms with Crippen LogP contribution in [-0.4, -0.2) is 9.55 Å². The molecule has 50 heavy (non-hydrogen) atoms. The molecule has 0 aliphatic carbocycles. The third kappa shape index (κ3) is 5.02. The van der Waals surface area contributed by atoms with Gasteiger partial charge < -0.3 is 8.98 Å². The van der Waals surface area contributed by atoms with E-state index in [0.717, 1.165) is 27.9 Å². The first-order chi connectivity index (χ1) is 24.4. The lowest BCUT2D eigenvalue weighted by molar-refractivity contribution is 0.593. The van der Waals surface area contributed by atoms with E-state index in [2.05, 4.69) is 183 Å². The molecule has 2 aromatic heterocycles. The monoisotopic (exact) mass is 644 g/mol. The Morgan fingerprint density at radius 3 is 1.78 bits per heavy atom. The molecule has 0 N–H and O–H groups in total. The summed E-state index contributed by atoms with van der Waals surface area (Å²) in [5.41, 5.74) is 14.6. The summed E-state index contributed by atoms with van der Waals surface area (Å²) in [5.74, 6) is 0.644. The topological polar surface area (TPSA) is 31.0 Å². The van der Waals surface area contributed by atoms with E-state index in [0.29, 0.717) is 5.89 Å². The van der Waals surface area contributed by atoms with E-state index in [1.165, 1.54) is 55.2 Å². The summed E-state index contributed by atoms with van der Waals surface area (Å²) in [6.07, 6.45) is 0. The number of hydrogen-bond donors (Lipinski definition) is 0. The van der Waals surface area contributed by atoms with Crippen LogP contribution in [0.15, 0.2) is 168 Å². The van der Waals surface area contributed by atoms with Gasteiger partial charge in [-0.15, -0.1) is 0 Å². The smallest absolute Gasteiger partial charge is 0.227 e. The van der Waals surface area contributed by atoms with Gasteiger partial charge in [0.1, 0.15) is 5.52 Å². The summed E-state index contributed by atoms with van der Waals surface area (Å²) < 4.78 is 8.63. The molecule has 0 saturated carbocycles. The molecule has 0 aliphatic rings. The lowest BCUT2D eigenvalue weighted by Gasteiger charge is -2.18. The van der Waals surface area contributed by atoms with Gasteiger partial charge in [0.05, 0.1) is 11.0 Å². The normalized spacial score (nSPS) is 11.9. The van der Waals surface area contributed by atoms with Crippen LogP contribution in [0.2, 0.25) is 0 Å². The number of nitrogens with zero attached hydrogens (tertiary/aromatic N) is 2. The molecule has 0 unspecified atom stereocenters. The van der Waals surface area contributed by atoms with E-state index >= 15 is 0 Å². The first-order valence-electron chi connectivity index (χ1n) is 17.2. The molecule has 0 fully saturated rings. The van der Waals surface area contributed by atoms with Gasteiger partial charge in [-0.05, 0) is 92.9 Å². The van der Waals surface area contributed by atoms with Crippen molar-refractivity contribution in [2.45, 2.75) is 26.2 Å². The summed E-state index contributed by atoms with van der Waals surface area (Å²) in [5, 5.41) is 2.49. The summed E-state index contributed by atoms with van der Waals surface area (Å²) >= 11 is 0. The van der Waals surface area contributed by atoms with Crippen molar-refractivity contribution in [1.82, 2.24) is 9.55 Å². The zero-order valence-electron chi connectivity index (χ0n) is 28.4. The van der Waals surface area contributed by atoms with Gasteiger partial charge in [0, 0.05) is 22.0 Å². The first kappa shape index (κ1) is 29.9. The van der Waals surface area contributed by atoms with Gasteiger partial charge in [-0.3, -0.25) is 0 Å². The molecule has 9 rings (SSSR count). The summed E-state index contributed by atoms with van der Waals surface area (Å²) in [7, 11) is 0. The molecule has 0 atom stereocenters. The van der Waals surface area contributed by atoms with Crippen molar-refractivity contribution in [2.75, 3.05) is 0 Å². The molecule has 0 spiro atoms. The first-order valence-corrected chi connectivity index (χ1v) is 17.2. The molecule has 240 valence electrons. The SMILES string of the molecule is CC(C)(C)c1cccc2oc(-c3ccc(-c4ccccc4-c4ccccc4-c4ccc5c(c4)c4ccccc4n5-c4ccccc4)cc3)nc12. The molecular weight excluding hydrogens is 609 g/mol. The number of aromatic nitrogens is 2. The summed E-state index contributed by atoms with van der Waals surface area (Å²) in [6, 6.07) is 58.5. The number of para-hydroxylation sites is 3. The third-order valence-electron chi connectivity index (χ3n) is 9.81. The van der Waals surface area contributed by atoms with Gasteiger partial charge in [0.15, 0.2) is 5.58 Å². The number of fused-ring (bicyclic) bond motifs is 4. The zero-order chi connectivity index (χ0) is 33.8. The van der Waals surface area contributed by atoms with Crippen molar-refractivity contribution in [3.8, 4) is 50.5 Å². The van der Waals surface area contributed by atoms with E-state index in [1.807, 2.05) is 6.07 Å². The molecule has 0 saturated heterocycles. The van der Waals surface area contributed by atoms with Gasteiger partial charge in [-0.2, -0.15) is 0 Å². The number of hydrogen-bond acceptors (Lipinski definition) is 2. The van der Waals surface area contributed by atoms with E-state index in [9.17, 15) is 0 Å². The number of oxazole rings is 1. The highest BCUT2D eigenvalue weighted by Crippen LogP contribution is 2.41. The average Bonchev–Trinajstić information content (AvgIpc) is 3.74. The van der Waals surface area contributed by atoms with Crippen LogP contribution in [0.1, 0.15) is 26.3 Å². The van der Waals surface area contributed by atoms with Crippen LogP contribution in [0.25, 0.3) is 83.4 Å². The standard InChI is InChI=1S/C47H36N2O/c1-47(2,3)41-21-13-23-44-45(41)48-46(50-44)32-26-24-31(25-27-32)35-16-7-9-18-37(35)38-19-10-8-17-36(38)33-28-29-43-40(30-33)39-20-11-12-22-42(39)49(43)34-14-5-4-6-15-34/h4-30H,1-3H3. The van der Waals surface area contributed by atoms with Crippen molar-refractivity contribution < 1.29 is 4.42 Å². The van der Waals surface area contributed by atoms with Crippen LogP contribution >= 0.6 is 0 Å². The zero-order valence-corrected chi connectivity index (χ0v) is 28.4. The Kier molecular flexibility index (Phi) is 7.03. The van der Waals surface area contributed by atoms with Crippen molar-refractivity contribution in [2.24, 2.45) is 0 Å². The van der Waals surface area contributed by atoms with Gasteiger partial charge in [-0.25, -0.2) is 4.98 Å². The van der Waals surface area contributed by atoms with E-state index in [-0.39, 0.29) is 5.41 Å². The molecule has 3 heteroatoms. The van der Waals surface area contributed by atoms with Crippen LogP contribution in [-0.2, 0) is 5.41 Å². The van der Waals surface area contributed by atoms with Gasteiger partial charge in [0.2, 0.25) is 5.89 Å². The Morgan fingerprint density at radius 2 is 1.06 bits per heavy atom.